The molecule has 0 aliphatic carbocycles. The maximum atomic E-state index is 14.2. The lowest BCUT2D eigenvalue weighted by Gasteiger charge is -2.26. The van der Waals surface area contributed by atoms with Gasteiger partial charge in [0.2, 0.25) is 0 Å². The number of allylic oxidation sites excluding steroid dienone is 1. The summed E-state index contributed by atoms with van der Waals surface area (Å²) in [6.45, 7) is 8.53. The normalized spacial score (nSPS) is 14.6. The van der Waals surface area contributed by atoms with Gasteiger partial charge in [-0.05, 0) is 72.4 Å². The van der Waals surface area contributed by atoms with Gasteiger partial charge in [0, 0.05) is 10.6 Å². The summed E-state index contributed by atoms with van der Waals surface area (Å²) in [5.41, 5.74) is 4.84. The van der Waals surface area contributed by atoms with Crippen molar-refractivity contribution in [1.29, 1.82) is 5.26 Å². The van der Waals surface area contributed by atoms with Crippen LogP contribution in [0, 0.1) is 11.3 Å². The molecular formula is C36H34ClN3O4S. The molecule has 0 saturated carbocycles. The molecule has 1 aliphatic rings. The van der Waals surface area contributed by atoms with Crippen LogP contribution >= 0.6 is 22.9 Å². The molecule has 0 spiro atoms. The Balaban J connectivity index is 1.63. The topological polar surface area (TPSA) is 93.7 Å². The molecule has 1 aromatic heterocycles. The number of carbonyl (C=O) groups excluding carboxylic acids is 1. The third-order valence-electron chi connectivity index (χ3n) is 7.55. The van der Waals surface area contributed by atoms with Gasteiger partial charge >= 0.3 is 5.97 Å². The van der Waals surface area contributed by atoms with Gasteiger partial charge in [-0.3, -0.25) is 9.36 Å². The standard InChI is InChI=1S/C36H34ClN3O4S/c1-5-7-29-32(35(42)43-6-2)33(26-14-12-25(13-15-26)22(3)4)40-34(41)31(45-36(40)39-29)19-27-18-28(37)16-17-30(27)44-21-24-10-8-23(20-38)9-11-24/h8-19,22,33H,5-7,21H2,1-4H3/b31-19+/t33-/m1/s1. The molecule has 0 amide bonds. The molecule has 0 bridgehead atoms. The first-order valence-corrected chi connectivity index (χ1v) is 16.2. The van der Waals surface area contributed by atoms with E-state index in [-0.39, 0.29) is 18.8 Å². The fourth-order valence-electron chi connectivity index (χ4n) is 5.24. The number of aromatic nitrogens is 1. The first-order chi connectivity index (χ1) is 21.7. The predicted octanol–water partition coefficient (Wildman–Crippen LogP) is 6.81. The molecule has 3 aromatic carbocycles. The van der Waals surface area contributed by atoms with Crippen molar-refractivity contribution in [3.63, 3.8) is 0 Å². The number of halogens is 1. The second-order valence-electron chi connectivity index (χ2n) is 11.0. The molecule has 0 radical (unpaired) electrons. The number of thiazole rings is 1. The summed E-state index contributed by atoms with van der Waals surface area (Å²) in [4.78, 5) is 33.0. The maximum absolute atomic E-state index is 14.2. The highest BCUT2D eigenvalue weighted by Gasteiger charge is 2.34. The van der Waals surface area contributed by atoms with Gasteiger partial charge in [-0.25, -0.2) is 9.79 Å². The third kappa shape index (κ3) is 6.95. The molecule has 0 N–H and O–H groups in total. The number of nitrogens with zero attached hydrogens (tertiary/aromatic N) is 3. The fourth-order valence-corrected chi connectivity index (χ4v) is 6.43. The Morgan fingerprint density at radius 1 is 1.11 bits per heavy atom. The van der Waals surface area contributed by atoms with Crippen LogP contribution < -0.4 is 19.6 Å². The molecule has 0 saturated heterocycles. The monoisotopic (exact) mass is 639 g/mol. The highest BCUT2D eigenvalue weighted by atomic mass is 35.5. The lowest BCUT2D eigenvalue weighted by atomic mass is 9.92. The zero-order valence-corrected chi connectivity index (χ0v) is 27.2. The van der Waals surface area contributed by atoms with Gasteiger partial charge in [-0.2, -0.15) is 5.26 Å². The summed E-state index contributed by atoms with van der Waals surface area (Å²) in [7, 11) is 0. The van der Waals surface area contributed by atoms with E-state index in [2.05, 4.69) is 19.9 Å². The Labute approximate surface area is 271 Å². The van der Waals surface area contributed by atoms with Crippen LogP contribution in [0.25, 0.3) is 6.08 Å². The minimum Gasteiger partial charge on any atom is -0.488 e. The Kier molecular flexibility index (Phi) is 10.0. The van der Waals surface area contributed by atoms with Crippen molar-refractivity contribution in [2.45, 2.75) is 59.1 Å². The van der Waals surface area contributed by atoms with E-state index in [0.29, 0.717) is 54.8 Å². The molecule has 7 nitrogen and oxygen atoms in total. The summed E-state index contributed by atoms with van der Waals surface area (Å²) in [5.74, 6) is 0.419. The van der Waals surface area contributed by atoms with Crippen molar-refractivity contribution < 1.29 is 14.3 Å². The minimum absolute atomic E-state index is 0.213. The van der Waals surface area contributed by atoms with Crippen LogP contribution in [0.4, 0.5) is 0 Å². The molecule has 2 heterocycles. The zero-order valence-electron chi connectivity index (χ0n) is 25.7. The molecule has 5 rings (SSSR count). The Hall–Kier alpha value is -4.45. The van der Waals surface area contributed by atoms with Gasteiger partial charge in [0.1, 0.15) is 12.4 Å². The second kappa shape index (κ2) is 14.1. The van der Waals surface area contributed by atoms with Crippen LogP contribution in [0.1, 0.15) is 80.3 Å². The molecule has 4 aromatic rings. The molecule has 0 unspecified atom stereocenters. The van der Waals surface area contributed by atoms with Crippen molar-refractivity contribution in [2.24, 2.45) is 4.99 Å². The summed E-state index contributed by atoms with van der Waals surface area (Å²) in [5, 5.41) is 9.58. The van der Waals surface area contributed by atoms with Crippen LogP contribution in [0.2, 0.25) is 5.02 Å². The number of hydrogen-bond acceptors (Lipinski definition) is 7. The van der Waals surface area contributed by atoms with E-state index in [4.69, 9.17) is 31.3 Å². The largest absolute Gasteiger partial charge is 0.488 e. The van der Waals surface area contributed by atoms with E-state index in [1.54, 1.807) is 47.9 Å². The van der Waals surface area contributed by atoms with E-state index >= 15 is 0 Å². The number of nitriles is 1. The second-order valence-corrected chi connectivity index (χ2v) is 12.5. The smallest absolute Gasteiger partial charge is 0.338 e. The first-order valence-electron chi connectivity index (χ1n) is 15.0. The van der Waals surface area contributed by atoms with Gasteiger partial charge in [-0.15, -0.1) is 0 Å². The number of ether oxygens (including phenoxy) is 2. The molecule has 230 valence electrons. The van der Waals surface area contributed by atoms with E-state index < -0.39 is 12.0 Å². The quantitative estimate of drug-likeness (QED) is 0.178. The van der Waals surface area contributed by atoms with E-state index in [0.717, 1.165) is 23.1 Å². The van der Waals surface area contributed by atoms with Crippen LogP contribution in [0.15, 0.2) is 87.8 Å². The average Bonchev–Trinajstić information content (AvgIpc) is 3.34. The van der Waals surface area contributed by atoms with Gasteiger partial charge in [0.25, 0.3) is 5.56 Å². The van der Waals surface area contributed by atoms with E-state index in [9.17, 15) is 9.59 Å². The Morgan fingerprint density at radius 3 is 2.49 bits per heavy atom. The molecular weight excluding hydrogens is 606 g/mol. The van der Waals surface area contributed by atoms with Crippen molar-refractivity contribution in [2.75, 3.05) is 6.61 Å². The number of carbonyl (C=O) groups is 1. The summed E-state index contributed by atoms with van der Waals surface area (Å²) in [6, 6.07) is 21.9. The Morgan fingerprint density at radius 2 is 1.84 bits per heavy atom. The highest BCUT2D eigenvalue weighted by Crippen LogP contribution is 2.33. The summed E-state index contributed by atoms with van der Waals surface area (Å²) in [6.07, 6.45) is 3.11. The molecule has 1 atom stereocenters. The average molecular weight is 640 g/mol. The van der Waals surface area contributed by atoms with Crippen LogP contribution in [0.5, 0.6) is 5.75 Å². The van der Waals surface area contributed by atoms with Crippen LogP contribution in [-0.4, -0.2) is 17.1 Å². The SMILES string of the molecule is CCCC1=C(C(=O)OCC)[C@@H](c2ccc(C(C)C)cc2)n2c(s/c(=C/c3cc(Cl)ccc3OCc3ccc(C#N)cc3)c2=O)=N1. The number of esters is 1. The van der Waals surface area contributed by atoms with Crippen molar-refractivity contribution in [3.8, 4) is 11.8 Å². The van der Waals surface area contributed by atoms with Gasteiger partial charge in [-0.1, -0.05) is 86.5 Å². The number of fused-ring (bicyclic) bond motifs is 1. The zero-order chi connectivity index (χ0) is 32.1. The number of hydrogen-bond donors (Lipinski definition) is 0. The lowest BCUT2D eigenvalue weighted by molar-refractivity contribution is -0.139. The van der Waals surface area contributed by atoms with Crippen molar-refractivity contribution in [3.05, 3.63) is 131 Å². The Bertz CT molecular complexity index is 1970. The highest BCUT2D eigenvalue weighted by molar-refractivity contribution is 7.07. The predicted molar refractivity (Wildman–Crippen MR) is 177 cm³/mol. The summed E-state index contributed by atoms with van der Waals surface area (Å²) < 4.78 is 13.7. The third-order valence-corrected chi connectivity index (χ3v) is 8.76. The summed E-state index contributed by atoms with van der Waals surface area (Å²) >= 11 is 7.65. The lowest BCUT2D eigenvalue weighted by Crippen LogP contribution is -2.40. The number of rotatable bonds is 10. The van der Waals surface area contributed by atoms with Crippen LogP contribution in [-0.2, 0) is 16.1 Å². The van der Waals surface area contributed by atoms with Crippen LogP contribution in [0.3, 0.4) is 0 Å². The van der Waals surface area contributed by atoms with Crippen molar-refractivity contribution in [1.82, 2.24) is 4.57 Å². The molecule has 1 aliphatic heterocycles. The van der Waals surface area contributed by atoms with Gasteiger partial charge < -0.3 is 9.47 Å². The maximum Gasteiger partial charge on any atom is 0.338 e. The molecule has 9 heteroatoms. The number of benzene rings is 3. The molecule has 0 fully saturated rings. The first kappa shape index (κ1) is 32.0. The van der Waals surface area contributed by atoms with E-state index in [1.807, 2.05) is 43.3 Å². The van der Waals surface area contributed by atoms with E-state index in [1.165, 1.54) is 11.3 Å². The van der Waals surface area contributed by atoms with Gasteiger partial charge in [0.15, 0.2) is 4.80 Å². The molecule has 45 heavy (non-hydrogen) atoms. The minimum atomic E-state index is -0.684. The van der Waals surface area contributed by atoms with Gasteiger partial charge in [0.05, 0.1) is 40.1 Å². The fraction of sp³-hybridized carbons (Fsp3) is 0.278. The van der Waals surface area contributed by atoms with Crippen molar-refractivity contribution >= 4 is 35.0 Å².